The predicted octanol–water partition coefficient (Wildman–Crippen LogP) is 3.38. The fourth-order valence-electron chi connectivity index (χ4n) is 2.38. The Morgan fingerprint density at radius 1 is 1.48 bits per heavy atom. The summed E-state index contributed by atoms with van der Waals surface area (Å²) in [5.74, 6) is 0.284. The van der Waals surface area contributed by atoms with E-state index in [1.54, 1.807) is 16.4 Å². The average molecular weight is 397 g/mol. The van der Waals surface area contributed by atoms with Crippen LogP contribution in [0.25, 0.3) is 0 Å². The molecular weight excluding hydrogens is 378 g/mol. The molecule has 1 saturated heterocycles. The number of morpholine rings is 1. The van der Waals surface area contributed by atoms with E-state index >= 15 is 0 Å². The number of alkyl halides is 1. The van der Waals surface area contributed by atoms with Crippen LogP contribution in [0, 0.1) is 0 Å². The van der Waals surface area contributed by atoms with Crippen molar-refractivity contribution in [1.29, 1.82) is 0 Å². The van der Waals surface area contributed by atoms with E-state index in [1.165, 1.54) is 0 Å². The number of sulfonamides is 1. The van der Waals surface area contributed by atoms with E-state index < -0.39 is 10.0 Å². The molecule has 1 heterocycles. The number of nitrogens with zero attached hydrogens (tertiary/aromatic N) is 1. The minimum atomic E-state index is -3.57. The molecule has 0 amide bonds. The van der Waals surface area contributed by atoms with Crippen molar-refractivity contribution in [2.45, 2.75) is 43.2 Å². The van der Waals surface area contributed by atoms with Gasteiger partial charge in [0, 0.05) is 22.9 Å². The topological polar surface area (TPSA) is 46.6 Å². The molecular formula is C14H19BrClNO3S. The Hall–Kier alpha value is -0.140. The SMILES string of the molecule is CCC1COC(C)CN1S(=O)(=O)c1cc(CCl)ccc1Br. The molecule has 21 heavy (non-hydrogen) atoms. The van der Waals surface area contributed by atoms with Gasteiger partial charge in [-0.15, -0.1) is 11.6 Å². The Bertz CT molecular complexity index is 608. The Morgan fingerprint density at radius 2 is 2.19 bits per heavy atom. The van der Waals surface area contributed by atoms with E-state index in [1.807, 2.05) is 19.9 Å². The molecule has 118 valence electrons. The molecule has 0 bridgehead atoms. The van der Waals surface area contributed by atoms with Crippen molar-refractivity contribution in [2.24, 2.45) is 0 Å². The highest BCUT2D eigenvalue weighted by molar-refractivity contribution is 9.10. The van der Waals surface area contributed by atoms with Gasteiger partial charge in [0.25, 0.3) is 0 Å². The monoisotopic (exact) mass is 395 g/mol. The first-order valence-electron chi connectivity index (χ1n) is 6.88. The number of benzene rings is 1. The summed E-state index contributed by atoms with van der Waals surface area (Å²) in [6.07, 6.45) is 0.622. The number of ether oxygens (including phenoxy) is 1. The number of halogens is 2. The van der Waals surface area contributed by atoms with Gasteiger partial charge in [-0.3, -0.25) is 0 Å². The van der Waals surface area contributed by atoms with E-state index in [4.69, 9.17) is 16.3 Å². The normalized spacial score (nSPS) is 24.2. The van der Waals surface area contributed by atoms with Crippen molar-refractivity contribution in [2.75, 3.05) is 13.2 Å². The van der Waals surface area contributed by atoms with Gasteiger partial charge < -0.3 is 4.74 Å². The van der Waals surface area contributed by atoms with Gasteiger partial charge in [0.1, 0.15) is 0 Å². The second-order valence-corrected chi connectivity index (χ2v) is 8.16. The van der Waals surface area contributed by atoms with Crippen LogP contribution in [0.5, 0.6) is 0 Å². The molecule has 2 rings (SSSR count). The van der Waals surface area contributed by atoms with E-state index in [0.717, 1.165) is 12.0 Å². The minimum absolute atomic E-state index is 0.0995. The summed E-state index contributed by atoms with van der Waals surface area (Å²) < 4.78 is 33.7. The summed E-state index contributed by atoms with van der Waals surface area (Å²) in [7, 11) is -3.57. The lowest BCUT2D eigenvalue weighted by Crippen LogP contribution is -2.51. The second-order valence-electron chi connectivity index (χ2n) is 5.18. The molecule has 1 fully saturated rings. The van der Waals surface area contributed by atoms with Crippen LogP contribution in [0.2, 0.25) is 0 Å². The maximum absolute atomic E-state index is 13.0. The lowest BCUT2D eigenvalue weighted by atomic mass is 10.2. The Labute approximate surface area is 139 Å². The van der Waals surface area contributed by atoms with Crippen LogP contribution >= 0.6 is 27.5 Å². The van der Waals surface area contributed by atoms with Crippen LogP contribution in [-0.2, 0) is 20.6 Å². The lowest BCUT2D eigenvalue weighted by Gasteiger charge is -2.37. The first-order chi connectivity index (χ1) is 9.90. The first-order valence-corrected chi connectivity index (χ1v) is 9.64. The van der Waals surface area contributed by atoms with Gasteiger partial charge in [0.2, 0.25) is 10.0 Å². The molecule has 1 aliphatic heterocycles. The van der Waals surface area contributed by atoms with Gasteiger partial charge in [-0.05, 0) is 47.0 Å². The standard InChI is InChI=1S/C14H19BrClNO3S/c1-3-12-9-20-10(2)8-17(12)21(18,19)14-6-11(7-16)4-5-13(14)15/h4-6,10,12H,3,7-9H2,1-2H3. The molecule has 1 aliphatic rings. The summed E-state index contributed by atoms with van der Waals surface area (Å²) >= 11 is 9.16. The van der Waals surface area contributed by atoms with E-state index in [2.05, 4.69) is 15.9 Å². The predicted molar refractivity (Wildman–Crippen MR) is 87.1 cm³/mol. The Morgan fingerprint density at radius 3 is 2.81 bits per heavy atom. The molecule has 1 aromatic carbocycles. The quantitative estimate of drug-likeness (QED) is 0.733. The third-order valence-electron chi connectivity index (χ3n) is 3.63. The minimum Gasteiger partial charge on any atom is -0.375 e. The molecule has 4 nitrogen and oxygen atoms in total. The zero-order valence-corrected chi connectivity index (χ0v) is 15.2. The zero-order chi connectivity index (χ0) is 15.6. The number of hydrogen-bond acceptors (Lipinski definition) is 3. The molecule has 2 atom stereocenters. The largest absolute Gasteiger partial charge is 0.375 e. The second kappa shape index (κ2) is 6.96. The van der Waals surface area contributed by atoms with Crippen molar-refractivity contribution in [3.63, 3.8) is 0 Å². The maximum Gasteiger partial charge on any atom is 0.244 e. The van der Waals surface area contributed by atoms with Crippen molar-refractivity contribution >= 4 is 37.6 Å². The van der Waals surface area contributed by atoms with Crippen molar-refractivity contribution < 1.29 is 13.2 Å². The highest BCUT2D eigenvalue weighted by Gasteiger charge is 2.36. The molecule has 0 spiro atoms. The fourth-order valence-corrected chi connectivity index (χ4v) is 5.29. The van der Waals surface area contributed by atoms with Gasteiger partial charge in [-0.1, -0.05) is 13.0 Å². The van der Waals surface area contributed by atoms with Gasteiger partial charge in [0.15, 0.2) is 0 Å². The molecule has 7 heteroatoms. The smallest absolute Gasteiger partial charge is 0.244 e. The molecule has 2 unspecified atom stereocenters. The number of hydrogen-bond donors (Lipinski definition) is 0. The molecule has 0 aromatic heterocycles. The van der Waals surface area contributed by atoms with Gasteiger partial charge in [0.05, 0.1) is 17.6 Å². The number of rotatable bonds is 4. The van der Waals surface area contributed by atoms with Crippen LogP contribution in [0.4, 0.5) is 0 Å². The fraction of sp³-hybridized carbons (Fsp3) is 0.571. The van der Waals surface area contributed by atoms with E-state index in [9.17, 15) is 8.42 Å². The molecule has 0 N–H and O–H groups in total. The zero-order valence-electron chi connectivity index (χ0n) is 12.1. The van der Waals surface area contributed by atoms with Gasteiger partial charge >= 0.3 is 0 Å². The third kappa shape index (κ3) is 3.62. The summed E-state index contributed by atoms with van der Waals surface area (Å²) in [6.45, 7) is 4.66. The maximum atomic E-state index is 13.0. The summed E-state index contributed by atoms with van der Waals surface area (Å²) in [5, 5.41) is 0. The Kier molecular flexibility index (Phi) is 5.71. The summed E-state index contributed by atoms with van der Waals surface area (Å²) in [6, 6.07) is 5.06. The first kappa shape index (κ1) is 17.2. The van der Waals surface area contributed by atoms with E-state index in [0.29, 0.717) is 17.6 Å². The lowest BCUT2D eigenvalue weighted by molar-refractivity contribution is -0.0230. The van der Waals surface area contributed by atoms with Crippen LogP contribution in [-0.4, -0.2) is 38.0 Å². The summed E-state index contributed by atoms with van der Waals surface area (Å²) in [5.41, 5.74) is 0.785. The van der Waals surface area contributed by atoms with Crippen molar-refractivity contribution in [1.82, 2.24) is 4.31 Å². The van der Waals surface area contributed by atoms with Crippen LogP contribution in [0.3, 0.4) is 0 Å². The van der Waals surface area contributed by atoms with Crippen LogP contribution in [0.1, 0.15) is 25.8 Å². The van der Waals surface area contributed by atoms with Gasteiger partial charge in [-0.25, -0.2) is 8.42 Å². The summed E-state index contributed by atoms with van der Waals surface area (Å²) in [4.78, 5) is 0.271. The van der Waals surface area contributed by atoms with Crippen LogP contribution < -0.4 is 0 Å². The van der Waals surface area contributed by atoms with Crippen molar-refractivity contribution in [3.8, 4) is 0 Å². The van der Waals surface area contributed by atoms with Gasteiger partial charge in [-0.2, -0.15) is 4.31 Å². The Balaban J connectivity index is 2.44. The molecule has 0 radical (unpaired) electrons. The average Bonchev–Trinajstić information content (AvgIpc) is 2.47. The van der Waals surface area contributed by atoms with E-state index in [-0.39, 0.29) is 22.9 Å². The van der Waals surface area contributed by atoms with Crippen molar-refractivity contribution in [3.05, 3.63) is 28.2 Å². The highest BCUT2D eigenvalue weighted by Crippen LogP contribution is 2.30. The highest BCUT2D eigenvalue weighted by atomic mass is 79.9. The molecule has 1 aromatic rings. The third-order valence-corrected chi connectivity index (χ3v) is 6.85. The molecule has 0 saturated carbocycles. The molecule has 0 aliphatic carbocycles. The van der Waals surface area contributed by atoms with Crippen LogP contribution in [0.15, 0.2) is 27.6 Å².